The van der Waals surface area contributed by atoms with E-state index in [9.17, 15) is 13.2 Å². The normalized spacial score (nSPS) is 11.2. The number of hydrogen-bond donors (Lipinski definition) is 0. The van der Waals surface area contributed by atoms with Gasteiger partial charge >= 0.3 is 6.30 Å². The summed E-state index contributed by atoms with van der Waals surface area (Å²) in [6.45, 7) is 0. The summed E-state index contributed by atoms with van der Waals surface area (Å²) in [6.07, 6.45) is -2.90. The molecule has 0 aliphatic rings. The molecule has 0 aliphatic heterocycles. The topological polar surface area (TPSA) is 41.6 Å². The van der Waals surface area contributed by atoms with Crippen LogP contribution in [-0.4, -0.2) is 9.78 Å². The molecular weight excluding hydrogens is 195 g/mol. The van der Waals surface area contributed by atoms with Gasteiger partial charge in [-0.15, -0.1) is 13.2 Å². The third kappa shape index (κ3) is 1.36. The molecule has 0 unspecified atom stereocenters. The number of halogens is 4. The highest BCUT2D eigenvalue weighted by atomic mass is 35.5. The predicted molar refractivity (Wildman–Crippen MR) is 32.1 cm³/mol. The minimum Gasteiger partial charge on any atom is -0.191 e. The Morgan fingerprint density at radius 1 is 1.58 bits per heavy atom. The van der Waals surface area contributed by atoms with Crippen LogP contribution in [0.3, 0.4) is 0 Å². The molecule has 63 valence electrons. The molecule has 1 radical (unpaired) electrons. The molecule has 0 saturated carbocycles. The third-order valence-electron chi connectivity index (χ3n) is 1.01. The van der Waals surface area contributed by atoms with E-state index >= 15 is 0 Å². The first-order chi connectivity index (χ1) is 5.46. The fourth-order valence-electron chi connectivity index (χ4n) is 0.570. The van der Waals surface area contributed by atoms with Crippen molar-refractivity contribution < 1.29 is 13.2 Å². The molecule has 0 aromatic carbocycles. The van der Waals surface area contributed by atoms with Gasteiger partial charge in [-0.05, 0) is 0 Å². The van der Waals surface area contributed by atoms with Crippen molar-refractivity contribution in [1.29, 1.82) is 5.26 Å². The lowest BCUT2D eigenvalue weighted by Gasteiger charge is -2.05. The fourth-order valence-corrected chi connectivity index (χ4v) is 0.730. The summed E-state index contributed by atoms with van der Waals surface area (Å²) in [6, 6.07) is 1.27. The van der Waals surface area contributed by atoms with E-state index in [-0.39, 0.29) is 0 Å². The summed E-state index contributed by atoms with van der Waals surface area (Å²) in [4.78, 5) is 0. The molecule has 0 spiro atoms. The zero-order chi connectivity index (χ0) is 9.35. The number of alkyl halides is 3. The first-order valence-corrected chi connectivity index (χ1v) is 2.98. The van der Waals surface area contributed by atoms with Crippen molar-refractivity contribution in [1.82, 2.24) is 9.78 Å². The van der Waals surface area contributed by atoms with Crippen LogP contribution in [0.4, 0.5) is 13.2 Å². The second kappa shape index (κ2) is 2.68. The summed E-state index contributed by atoms with van der Waals surface area (Å²) >= 11 is 5.19. The van der Waals surface area contributed by atoms with Crippen LogP contribution in [0.25, 0.3) is 0 Å². The quantitative estimate of drug-likeness (QED) is 0.631. The van der Waals surface area contributed by atoms with Gasteiger partial charge in [0, 0.05) is 0 Å². The molecular formula is C5ClF3N3. The maximum atomic E-state index is 11.9. The lowest BCUT2D eigenvalue weighted by atomic mass is 10.5. The van der Waals surface area contributed by atoms with Crippen molar-refractivity contribution in [3.63, 3.8) is 0 Å². The van der Waals surface area contributed by atoms with Crippen LogP contribution in [0.2, 0.25) is 5.02 Å². The van der Waals surface area contributed by atoms with E-state index in [1.807, 2.05) is 6.20 Å². The van der Waals surface area contributed by atoms with E-state index in [2.05, 4.69) is 5.10 Å². The number of nitrogens with zero attached hydrogens (tertiary/aromatic N) is 3. The Hall–Kier alpha value is -1.22. The standard InChI is InChI=1S/C5ClF3N3/c6-3-2-11-12(4(3)1-10)5(7,8)9. The molecule has 0 fully saturated rings. The van der Waals surface area contributed by atoms with Crippen LogP contribution in [0, 0.1) is 17.5 Å². The zero-order valence-corrected chi connectivity index (χ0v) is 6.11. The van der Waals surface area contributed by atoms with Crippen LogP contribution in [0.5, 0.6) is 0 Å². The van der Waals surface area contributed by atoms with Crippen molar-refractivity contribution in [2.75, 3.05) is 0 Å². The summed E-state index contributed by atoms with van der Waals surface area (Å²) in [5.41, 5.74) is -0.760. The highest BCUT2D eigenvalue weighted by molar-refractivity contribution is 6.31. The van der Waals surface area contributed by atoms with Gasteiger partial charge in [-0.3, -0.25) is 0 Å². The Labute approximate surface area is 70.0 Å². The summed E-state index contributed by atoms with van der Waals surface area (Å²) in [5, 5.41) is 10.6. The van der Waals surface area contributed by atoms with Crippen molar-refractivity contribution >= 4 is 11.6 Å². The molecule has 3 nitrogen and oxygen atoms in total. The molecule has 0 bridgehead atoms. The molecule has 7 heteroatoms. The Balaban J connectivity index is 3.28. The molecule has 0 atom stereocenters. The first-order valence-electron chi connectivity index (χ1n) is 2.60. The van der Waals surface area contributed by atoms with E-state index in [0.29, 0.717) is 0 Å². The van der Waals surface area contributed by atoms with Gasteiger partial charge in [-0.2, -0.15) is 15.0 Å². The summed E-state index contributed by atoms with van der Waals surface area (Å²) in [7, 11) is 0. The average Bonchev–Trinajstić information content (AvgIpc) is 2.29. The second-order valence-electron chi connectivity index (χ2n) is 1.77. The number of rotatable bonds is 0. The van der Waals surface area contributed by atoms with Gasteiger partial charge in [0.1, 0.15) is 17.3 Å². The smallest absolute Gasteiger partial charge is 0.191 e. The molecule has 1 heterocycles. The SMILES string of the molecule is N#Cc1c(Cl)[c]nn1C(F)(F)F. The molecule has 0 N–H and O–H groups in total. The van der Waals surface area contributed by atoms with Crippen LogP contribution in [-0.2, 0) is 6.30 Å². The molecule has 1 rings (SSSR count). The monoisotopic (exact) mass is 194 g/mol. The minimum absolute atomic E-state index is 0.435. The van der Waals surface area contributed by atoms with Crippen LogP contribution >= 0.6 is 11.6 Å². The Bertz CT molecular complexity index is 335. The molecule has 0 amide bonds. The van der Waals surface area contributed by atoms with Gasteiger partial charge in [0.05, 0.1) is 0 Å². The fraction of sp³-hybridized carbons (Fsp3) is 0.200. The van der Waals surface area contributed by atoms with Crippen molar-refractivity contribution in [3.05, 3.63) is 16.9 Å². The number of hydrogen-bond acceptors (Lipinski definition) is 2. The highest BCUT2D eigenvalue weighted by Gasteiger charge is 2.35. The van der Waals surface area contributed by atoms with E-state index in [1.54, 1.807) is 0 Å². The lowest BCUT2D eigenvalue weighted by Crippen LogP contribution is -2.19. The van der Waals surface area contributed by atoms with Crippen molar-refractivity contribution in [3.8, 4) is 6.07 Å². The van der Waals surface area contributed by atoms with Gasteiger partial charge in [0.15, 0.2) is 5.69 Å². The maximum Gasteiger partial charge on any atom is 0.505 e. The molecule has 0 saturated heterocycles. The molecule has 0 aliphatic carbocycles. The van der Waals surface area contributed by atoms with E-state index in [1.165, 1.54) is 6.07 Å². The van der Waals surface area contributed by atoms with E-state index in [0.717, 1.165) is 0 Å². The van der Waals surface area contributed by atoms with Crippen molar-refractivity contribution in [2.24, 2.45) is 0 Å². The highest BCUT2D eigenvalue weighted by Crippen LogP contribution is 2.25. The van der Waals surface area contributed by atoms with Crippen molar-refractivity contribution in [2.45, 2.75) is 6.30 Å². The zero-order valence-electron chi connectivity index (χ0n) is 5.35. The van der Waals surface area contributed by atoms with Crippen LogP contribution in [0.1, 0.15) is 5.69 Å². The Kier molecular flexibility index (Phi) is 1.98. The predicted octanol–water partition coefficient (Wildman–Crippen LogP) is 1.68. The van der Waals surface area contributed by atoms with Gasteiger partial charge in [0.2, 0.25) is 0 Å². The Morgan fingerprint density at radius 3 is 2.50 bits per heavy atom. The molecule has 12 heavy (non-hydrogen) atoms. The van der Waals surface area contributed by atoms with E-state index in [4.69, 9.17) is 16.9 Å². The van der Waals surface area contributed by atoms with Crippen LogP contribution in [0.15, 0.2) is 0 Å². The largest absolute Gasteiger partial charge is 0.505 e. The molecule has 1 aromatic rings. The third-order valence-corrected chi connectivity index (χ3v) is 1.28. The summed E-state index contributed by atoms with van der Waals surface area (Å²) in [5.74, 6) is 0. The van der Waals surface area contributed by atoms with Gasteiger partial charge in [-0.25, -0.2) is 0 Å². The van der Waals surface area contributed by atoms with E-state index < -0.39 is 21.7 Å². The first kappa shape index (κ1) is 8.87. The second-order valence-corrected chi connectivity index (χ2v) is 2.14. The maximum absolute atomic E-state index is 11.9. The molecule has 1 aromatic heterocycles. The lowest BCUT2D eigenvalue weighted by molar-refractivity contribution is -0.212. The average molecular weight is 195 g/mol. The van der Waals surface area contributed by atoms with Gasteiger partial charge in [0.25, 0.3) is 0 Å². The number of aromatic nitrogens is 2. The summed E-state index contributed by atoms with van der Waals surface area (Å²) < 4.78 is 35.3. The minimum atomic E-state index is -4.73. The van der Waals surface area contributed by atoms with Gasteiger partial charge in [-0.1, -0.05) is 11.6 Å². The number of nitriles is 1. The van der Waals surface area contributed by atoms with Crippen LogP contribution < -0.4 is 0 Å². The van der Waals surface area contributed by atoms with Gasteiger partial charge < -0.3 is 0 Å². The Morgan fingerprint density at radius 2 is 2.17 bits per heavy atom.